The molecule has 0 aromatic carbocycles. The van der Waals surface area contributed by atoms with Gasteiger partial charge in [-0.05, 0) is 25.7 Å². The molecule has 3 rings (SSSR count). The lowest BCUT2D eigenvalue weighted by Crippen LogP contribution is -2.27. The normalized spacial score (nSPS) is 17.8. The van der Waals surface area contributed by atoms with E-state index < -0.39 is 18.1 Å². The Kier molecular flexibility index (Phi) is 4.13. The van der Waals surface area contributed by atoms with Crippen LogP contribution in [0, 0.1) is 12.8 Å². The fourth-order valence-electron chi connectivity index (χ4n) is 2.95. The molecule has 0 radical (unpaired) electrons. The summed E-state index contributed by atoms with van der Waals surface area (Å²) >= 11 is 0. The van der Waals surface area contributed by atoms with E-state index in [2.05, 4.69) is 20.4 Å². The number of aryl methyl sites for hydroxylation is 1. The van der Waals surface area contributed by atoms with Crippen LogP contribution in [-0.2, 0) is 6.18 Å². The molecule has 1 aliphatic rings. The predicted molar refractivity (Wildman–Crippen MR) is 77.0 cm³/mol. The molecule has 0 spiro atoms. The van der Waals surface area contributed by atoms with Crippen molar-refractivity contribution in [3.63, 3.8) is 0 Å². The van der Waals surface area contributed by atoms with Crippen LogP contribution in [0.15, 0.2) is 6.07 Å². The quantitative estimate of drug-likeness (QED) is 0.901. The molecule has 126 valence electrons. The zero-order valence-corrected chi connectivity index (χ0v) is 12.6. The molecular formula is C14H18F3N5O. The van der Waals surface area contributed by atoms with E-state index in [-0.39, 0.29) is 18.2 Å². The molecule has 2 aromatic rings. The standard InChI is InChI=1S/C14H18F3N5O/c1-8-6-11(18-7-10(23)9-4-2-3-5-9)22-13(19-8)20-12(21-22)14(15,16)17/h6,9-10,18,23H,2-5,7H2,1H3. The van der Waals surface area contributed by atoms with Gasteiger partial charge in [0.25, 0.3) is 11.6 Å². The van der Waals surface area contributed by atoms with Gasteiger partial charge < -0.3 is 10.4 Å². The van der Waals surface area contributed by atoms with E-state index in [9.17, 15) is 18.3 Å². The number of anilines is 1. The van der Waals surface area contributed by atoms with E-state index in [0.717, 1.165) is 30.2 Å². The molecule has 1 aliphatic carbocycles. The summed E-state index contributed by atoms with van der Waals surface area (Å²) in [6, 6.07) is 1.59. The molecule has 1 atom stereocenters. The van der Waals surface area contributed by atoms with E-state index in [1.165, 1.54) is 0 Å². The summed E-state index contributed by atoms with van der Waals surface area (Å²) in [7, 11) is 0. The van der Waals surface area contributed by atoms with Crippen LogP contribution in [0.5, 0.6) is 0 Å². The van der Waals surface area contributed by atoms with Gasteiger partial charge in [0.15, 0.2) is 0 Å². The van der Waals surface area contributed by atoms with E-state index >= 15 is 0 Å². The molecule has 1 fully saturated rings. The molecule has 0 amide bonds. The zero-order valence-electron chi connectivity index (χ0n) is 12.6. The van der Waals surface area contributed by atoms with Crippen molar-refractivity contribution in [3.8, 4) is 0 Å². The van der Waals surface area contributed by atoms with Crippen LogP contribution in [0.1, 0.15) is 37.2 Å². The lowest BCUT2D eigenvalue weighted by Gasteiger charge is -2.19. The third-order valence-corrected chi connectivity index (χ3v) is 4.13. The molecule has 2 heterocycles. The van der Waals surface area contributed by atoms with Gasteiger partial charge in [0.2, 0.25) is 0 Å². The van der Waals surface area contributed by atoms with Crippen LogP contribution < -0.4 is 5.32 Å². The monoisotopic (exact) mass is 329 g/mol. The molecule has 0 saturated heterocycles. The molecule has 9 heteroatoms. The van der Waals surface area contributed by atoms with Crippen molar-refractivity contribution in [3.05, 3.63) is 17.6 Å². The van der Waals surface area contributed by atoms with Gasteiger partial charge in [-0.3, -0.25) is 0 Å². The number of hydrogen-bond donors (Lipinski definition) is 2. The largest absolute Gasteiger partial charge is 0.453 e. The SMILES string of the molecule is Cc1cc(NCC(O)C2CCCC2)n2nc(C(F)(F)F)nc2n1. The Morgan fingerprint density at radius 1 is 1.35 bits per heavy atom. The fraction of sp³-hybridized carbons (Fsp3) is 0.643. The van der Waals surface area contributed by atoms with Gasteiger partial charge in [-0.25, -0.2) is 4.98 Å². The third kappa shape index (κ3) is 3.39. The molecule has 1 unspecified atom stereocenters. The van der Waals surface area contributed by atoms with Gasteiger partial charge in [0, 0.05) is 18.3 Å². The van der Waals surface area contributed by atoms with Crippen molar-refractivity contribution in [2.24, 2.45) is 5.92 Å². The summed E-state index contributed by atoms with van der Waals surface area (Å²) in [6.07, 6.45) is -0.977. The number of nitrogens with one attached hydrogen (secondary N) is 1. The molecule has 6 nitrogen and oxygen atoms in total. The molecule has 1 saturated carbocycles. The second-order valence-corrected chi connectivity index (χ2v) is 5.92. The maximum atomic E-state index is 12.8. The van der Waals surface area contributed by atoms with Crippen LogP contribution in [0.4, 0.5) is 19.0 Å². The maximum Gasteiger partial charge on any atom is 0.453 e. The maximum absolute atomic E-state index is 12.8. The molecular weight excluding hydrogens is 311 g/mol. The highest BCUT2D eigenvalue weighted by atomic mass is 19.4. The van der Waals surface area contributed by atoms with Gasteiger partial charge in [-0.2, -0.15) is 22.7 Å². The Labute approximate surface area is 130 Å². The van der Waals surface area contributed by atoms with E-state index in [0.29, 0.717) is 11.5 Å². The van der Waals surface area contributed by atoms with Gasteiger partial charge in [-0.15, -0.1) is 5.10 Å². The number of aliphatic hydroxyl groups is 1. The van der Waals surface area contributed by atoms with Crippen LogP contribution in [0.2, 0.25) is 0 Å². The lowest BCUT2D eigenvalue weighted by molar-refractivity contribution is -0.144. The average molecular weight is 329 g/mol. The first-order valence-corrected chi connectivity index (χ1v) is 7.58. The summed E-state index contributed by atoms with van der Waals surface area (Å²) in [4.78, 5) is 7.39. The molecule has 0 aliphatic heterocycles. The minimum atomic E-state index is -4.62. The second kappa shape index (κ2) is 5.95. The zero-order chi connectivity index (χ0) is 16.6. The Balaban J connectivity index is 1.83. The summed E-state index contributed by atoms with van der Waals surface area (Å²) in [6.45, 7) is 1.92. The van der Waals surface area contributed by atoms with Crippen LogP contribution in [0.3, 0.4) is 0 Å². The molecule has 23 heavy (non-hydrogen) atoms. The van der Waals surface area contributed by atoms with Gasteiger partial charge in [0.05, 0.1) is 6.10 Å². The third-order valence-electron chi connectivity index (χ3n) is 4.13. The molecule has 0 bridgehead atoms. The van der Waals surface area contributed by atoms with E-state index in [1.54, 1.807) is 13.0 Å². The first-order chi connectivity index (χ1) is 10.8. The number of halogens is 3. The van der Waals surface area contributed by atoms with Crippen molar-refractivity contribution < 1.29 is 18.3 Å². The first kappa shape index (κ1) is 16.0. The van der Waals surface area contributed by atoms with Gasteiger partial charge in [-0.1, -0.05) is 12.8 Å². The molecule has 2 N–H and O–H groups in total. The minimum absolute atomic E-state index is 0.116. The van der Waals surface area contributed by atoms with Crippen molar-refractivity contribution >= 4 is 11.6 Å². The Morgan fingerprint density at radius 3 is 2.70 bits per heavy atom. The number of aromatic nitrogens is 4. The Morgan fingerprint density at radius 2 is 2.04 bits per heavy atom. The number of alkyl halides is 3. The van der Waals surface area contributed by atoms with E-state index in [4.69, 9.17) is 0 Å². The fourth-order valence-corrected chi connectivity index (χ4v) is 2.95. The van der Waals surface area contributed by atoms with Crippen LogP contribution >= 0.6 is 0 Å². The highest BCUT2D eigenvalue weighted by Crippen LogP contribution is 2.29. The minimum Gasteiger partial charge on any atom is -0.391 e. The second-order valence-electron chi connectivity index (χ2n) is 5.92. The number of rotatable bonds is 4. The highest BCUT2D eigenvalue weighted by molar-refractivity contribution is 5.45. The summed E-state index contributed by atoms with van der Waals surface area (Å²) < 4.78 is 39.3. The van der Waals surface area contributed by atoms with Crippen molar-refractivity contribution in [1.29, 1.82) is 0 Å². The number of aliphatic hydroxyl groups excluding tert-OH is 1. The summed E-state index contributed by atoms with van der Waals surface area (Å²) in [5, 5.41) is 16.6. The number of fused-ring (bicyclic) bond motifs is 1. The topological polar surface area (TPSA) is 75.3 Å². The summed E-state index contributed by atoms with van der Waals surface area (Å²) in [5.41, 5.74) is 0.525. The Bertz CT molecular complexity index is 694. The van der Waals surface area contributed by atoms with Crippen molar-refractivity contribution in [1.82, 2.24) is 19.6 Å². The van der Waals surface area contributed by atoms with Crippen molar-refractivity contribution in [2.75, 3.05) is 11.9 Å². The van der Waals surface area contributed by atoms with Crippen molar-refractivity contribution in [2.45, 2.75) is 44.9 Å². The Hall–Kier alpha value is -1.90. The highest BCUT2D eigenvalue weighted by Gasteiger charge is 2.37. The van der Waals surface area contributed by atoms with Gasteiger partial charge >= 0.3 is 6.18 Å². The summed E-state index contributed by atoms with van der Waals surface area (Å²) in [5.74, 6) is -0.764. The number of nitrogens with zero attached hydrogens (tertiary/aromatic N) is 4. The van der Waals surface area contributed by atoms with E-state index in [1.807, 2.05) is 0 Å². The van der Waals surface area contributed by atoms with Crippen LogP contribution in [0.25, 0.3) is 5.78 Å². The predicted octanol–water partition coefficient (Wildman–Crippen LogP) is 2.41. The van der Waals surface area contributed by atoms with Crippen LogP contribution in [-0.4, -0.2) is 37.3 Å². The lowest BCUT2D eigenvalue weighted by atomic mass is 10.0. The van der Waals surface area contributed by atoms with Gasteiger partial charge in [0.1, 0.15) is 5.82 Å². The first-order valence-electron chi connectivity index (χ1n) is 7.58. The smallest absolute Gasteiger partial charge is 0.391 e. The average Bonchev–Trinajstić information content (AvgIpc) is 3.12. The number of hydrogen-bond acceptors (Lipinski definition) is 5. The molecule has 2 aromatic heterocycles.